The first kappa shape index (κ1) is 16.6. The smallest absolute Gasteiger partial charge is 0.377 e. The summed E-state index contributed by atoms with van der Waals surface area (Å²) in [6.07, 6.45) is 2.56. The molecule has 0 bridgehead atoms. The van der Waals surface area contributed by atoms with Crippen LogP contribution in [0.25, 0.3) is 0 Å². The van der Waals surface area contributed by atoms with Gasteiger partial charge in [0.2, 0.25) is 0 Å². The third-order valence-electron chi connectivity index (χ3n) is 4.49. The molecule has 5 heteroatoms. The summed E-state index contributed by atoms with van der Waals surface area (Å²) in [4.78, 5) is 2.55. The normalized spacial score (nSPS) is 20.1. The molecule has 0 aromatic heterocycles. The first-order chi connectivity index (χ1) is 10.2. The van der Waals surface area contributed by atoms with Crippen LogP contribution in [0.1, 0.15) is 36.9 Å². The summed E-state index contributed by atoms with van der Waals surface area (Å²) < 4.78 is 16.5. The van der Waals surface area contributed by atoms with Gasteiger partial charge in [-0.2, -0.15) is 0 Å². The van der Waals surface area contributed by atoms with Gasteiger partial charge in [-0.3, -0.25) is 4.90 Å². The van der Waals surface area contributed by atoms with Crippen LogP contribution in [0.3, 0.4) is 0 Å². The Kier molecular flexibility index (Phi) is 5.95. The van der Waals surface area contributed by atoms with E-state index in [-0.39, 0.29) is 0 Å². The molecule has 21 heavy (non-hydrogen) atoms. The van der Waals surface area contributed by atoms with Gasteiger partial charge in [-0.1, -0.05) is 31.2 Å². The number of nitrogens with zero attached hydrogens (tertiary/aromatic N) is 1. The summed E-state index contributed by atoms with van der Waals surface area (Å²) >= 11 is 0. The monoisotopic (exact) mass is 309 g/mol. The van der Waals surface area contributed by atoms with E-state index in [1.807, 2.05) is 0 Å². The average Bonchev–Trinajstić information content (AvgIpc) is 3.02. The first-order valence-corrected chi connectivity index (χ1v) is 9.59. The largest absolute Gasteiger partial charge is 0.504 e. The Morgan fingerprint density at radius 3 is 2.24 bits per heavy atom. The standard InChI is InChI=1S/C16H27NO3Si/c1-5-17-12-6-7-16(17)15-10-8-14(9-11-15)13-21(18-2,19-3)20-4/h8-11,16H,5-7,12-13H2,1-4H3. The SMILES string of the molecule is CCN1CCCC1c1ccc(C[Si](OC)(OC)OC)cc1. The number of likely N-dealkylation sites (tertiary alicyclic amines) is 1. The number of hydrogen-bond donors (Lipinski definition) is 0. The molecule has 1 aliphatic rings. The van der Waals surface area contributed by atoms with E-state index < -0.39 is 8.80 Å². The second kappa shape index (κ2) is 7.51. The molecule has 0 saturated carbocycles. The predicted molar refractivity (Wildman–Crippen MR) is 86.1 cm³/mol. The minimum atomic E-state index is -2.54. The molecule has 2 rings (SSSR count). The van der Waals surface area contributed by atoms with Crippen molar-refractivity contribution in [2.24, 2.45) is 0 Å². The molecule has 1 aromatic carbocycles. The molecule has 1 fully saturated rings. The second-order valence-corrected chi connectivity index (χ2v) is 8.44. The van der Waals surface area contributed by atoms with Gasteiger partial charge >= 0.3 is 8.80 Å². The van der Waals surface area contributed by atoms with Gasteiger partial charge in [0.15, 0.2) is 0 Å². The van der Waals surface area contributed by atoms with Crippen molar-refractivity contribution in [1.82, 2.24) is 4.90 Å². The van der Waals surface area contributed by atoms with Gasteiger partial charge in [-0.15, -0.1) is 0 Å². The molecule has 1 heterocycles. The van der Waals surface area contributed by atoms with Crippen molar-refractivity contribution >= 4 is 8.80 Å². The van der Waals surface area contributed by atoms with Crippen LogP contribution in [-0.4, -0.2) is 48.1 Å². The topological polar surface area (TPSA) is 30.9 Å². The lowest BCUT2D eigenvalue weighted by atomic mass is 10.0. The van der Waals surface area contributed by atoms with Crippen LogP contribution in [0.5, 0.6) is 0 Å². The van der Waals surface area contributed by atoms with Gasteiger partial charge in [0.25, 0.3) is 0 Å². The van der Waals surface area contributed by atoms with E-state index in [9.17, 15) is 0 Å². The summed E-state index contributed by atoms with van der Waals surface area (Å²) in [6, 6.07) is 10.1. The quantitative estimate of drug-likeness (QED) is 0.725. The van der Waals surface area contributed by atoms with E-state index in [4.69, 9.17) is 13.3 Å². The van der Waals surface area contributed by atoms with E-state index >= 15 is 0 Å². The Balaban J connectivity index is 2.08. The zero-order valence-electron chi connectivity index (χ0n) is 13.6. The summed E-state index contributed by atoms with van der Waals surface area (Å²) in [6.45, 7) is 4.58. The lowest BCUT2D eigenvalue weighted by Crippen LogP contribution is -2.45. The van der Waals surface area contributed by atoms with Gasteiger partial charge in [0, 0.05) is 33.4 Å². The van der Waals surface area contributed by atoms with E-state index in [1.165, 1.54) is 30.5 Å². The maximum Gasteiger partial charge on any atom is 0.504 e. The van der Waals surface area contributed by atoms with Crippen molar-refractivity contribution in [1.29, 1.82) is 0 Å². The Hall–Kier alpha value is -0.723. The van der Waals surface area contributed by atoms with Gasteiger partial charge < -0.3 is 13.3 Å². The van der Waals surface area contributed by atoms with Gasteiger partial charge in [-0.05, 0) is 37.1 Å². The Morgan fingerprint density at radius 2 is 1.71 bits per heavy atom. The Morgan fingerprint density at radius 1 is 1.10 bits per heavy atom. The summed E-state index contributed by atoms with van der Waals surface area (Å²) in [5, 5.41) is 0. The zero-order valence-corrected chi connectivity index (χ0v) is 14.6. The maximum atomic E-state index is 5.49. The van der Waals surface area contributed by atoms with E-state index in [2.05, 4.69) is 36.1 Å². The van der Waals surface area contributed by atoms with E-state index in [0.29, 0.717) is 12.1 Å². The number of benzene rings is 1. The minimum Gasteiger partial charge on any atom is -0.377 e. The fourth-order valence-electron chi connectivity index (χ4n) is 3.16. The van der Waals surface area contributed by atoms with Gasteiger partial charge in [-0.25, -0.2) is 0 Å². The van der Waals surface area contributed by atoms with Crippen molar-refractivity contribution in [3.63, 3.8) is 0 Å². The molecule has 4 nitrogen and oxygen atoms in total. The molecule has 1 atom stereocenters. The van der Waals surface area contributed by atoms with Crippen molar-refractivity contribution < 1.29 is 13.3 Å². The molecule has 0 N–H and O–H groups in total. The van der Waals surface area contributed by atoms with Crippen LogP contribution in [0.2, 0.25) is 0 Å². The van der Waals surface area contributed by atoms with Crippen LogP contribution < -0.4 is 0 Å². The van der Waals surface area contributed by atoms with Crippen LogP contribution in [0.15, 0.2) is 24.3 Å². The molecule has 0 radical (unpaired) electrons. The third-order valence-corrected chi connectivity index (χ3v) is 7.20. The van der Waals surface area contributed by atoms with Crippen molar-refractivity contribution in [3.05, 3.63) is 35.4 Å². The molecule has 0 spiro atoms. The molecule has 0 aliphatic carbocycles. The Labute approximate surface area is 129 Å². The molecule has 1 saturated heterocycles. The highest BCUT2D eigenvalue weighted by Gasteiger charge is 2.38. The molecular formula is C16H27NO3Si. The first-order valence-electron chi connectivity index (χ1n) is 7.66. The summed E-state index contributed by atoms with van der Waals surface area (Å²) in [5.74, 6) is 0. The Bertz CT molecular complexity index is 425. The summed E-state index contributed by atoms with van der Waals surface area (Å²) in [7, 11) is 2.44. The fourth-order valence-corrected chi connectivity index (χ4v) is 4.82. The van der Waals surface area contributed by atoms with Crippen molar-refractivity contribution in [3.8, 4) is 0 Å². The van der Waals surface area contributed by atoms with Crippen LogP contribution >= 0.6 is 0 Å². The van der Waals surface area contributed by atoms with Crippen LogP contribution in [0.4, 0.5) is 0 Å². The minimum absolute atomic E-state index is 0.582. The highest BCUT2D eigenvalue weighted by molar-refractivity contribution is 6.60. The highest BCUT2D eigenvalue weighted by Crippen LogP contribution is 2.31. The van der Waals surface area contributed by atoms with Gasteiger partial charge in [0.1, 0.15) is 0 Å². The van der Waals surface area contributed by atoms with Crippen LogP contribution in [0, 0.1) is 0 Å². The molecule has 1 aliphatic heterocycles. The molecule has 0 amide bonds. The van der Waals surface area contributed by atoms with Crippen molar-refractivity contribution in [2.75, 3.05) is 34.4 Å². The lowest BCUT2D eigenvalue weighted by Gasteiger charge is -2.25. The summed E-state index contributed by atoms with van der Waals surface area (Å²) in [5.41, 5.74) is 2.62. The maximum absolute atomic E-state index is 5.49. The van der Waals surface area contributed by atoms with Crippen molar-refractivity contribution in [2.45, 2.75) is 31.9 Å². The molecule has 1 aromatic rings. The molecule has 118 valence electrons. The highest BCUT2D eigenvalue weighted by atomic mass is 28.4. The van der Waals surface area contributed by atoms with Crippen LogP contribution in [-0.2, 0) is 19.3 Å². The molecule has 1 unspecified atom stereocenters. The number of hydrogen-bond acceptors (Lipinski definition) is 4. The lowest BCUT2D eigenvalue weighted by molar-refractivity contribution is 0.122. The zero-order chi connectivity index (χ0) is 15.3. The predicted octanol–water partition coefficient (Wildman–Crippen LogP) is 2.80. The number of rotatable bonds is 7. The fraction of sp³-hybridized carbons (Fsp3) is 0.625. The van der Waals surface area contributed by atoms with E-state index in [0.717, 1.165) is 6.54 Å². The third kappa shape index (κ3) is 3.73. The van der Waals surface area contributed by atoms with E-state index in [1.54, 1.807) is 21.3 Å². The molecular weight excluding hydrogens is 282 g/mol. The van der Waals surface area contributed by atoms with Gasteiger partial charge in [0.05, 0.1) is 0 Å². The average molecular weight is 309 g/mol. The second-order valence-electron chi connectivity index (χ2n) is 5.50.